The minimum atomic E-state index is -0.761. The highest BCUT2D eigenvalue weighted by Gasteiger charge is 2.07. The second kappa shape index (κ2) is 38.0. The van der Waals surface area contributed by atoms with Gasteiger partial charge in [0.15, 0.2) is 12.6 Å². The summed E-state index contributed by atoms with van der Waals surface area (Å²) in [5.74, 6) is 0. The molecule has 5 nitrogen and oxygen atoms in total. The normalized spacial score (nSPS) is 13.1. The smallest absolute Gasteiger partial charge is 0.156 e. The quantitative estimate of drug-likeness (QED) is 0.0535. The zero-order valence-electron chi connectivity index (χ0n) is 29.3. The largest absolute Gasteiger partial charge is 0.381 e. The summed E-state index contributed by atoms with van der Waals surface area (Å²) in [6.07, 6.45) is 36.9. The van der Waals surface area contributed by atoms with E-state index in [1.165, 1.54) is 167 Å². The van der Waals surface area contributed by atoms with E-state index < -0.39 is 12.6 Å². The van der Waals surface area contributed by atoms with Gasteiger partial charge in [-0.1, -0.05) is 181 Å². The van der Waals surface area contributed by atoms with E-state index in [9.17, 15) is 10.2 Å². The molecule has 0 aromatic carbocycles. The van der Waals surface area contributed by atoms with Crippen molar-refractivity contribution in [3.05, 3.63) is 0 Å². The zero-order chi connectivity index (χ0) is 31.3. The summed E-state index contributed by atoms with van der Waals surface area (Å²) < 4.78 is 16.6. The first kappa shape index (κ1) is 42.8. The fraction of sp³-hybridized carbons (Fsp3) is 1.00. The Morgan fingerprint density at radius 1 is 0.326 bits per heavy atom. The Bertz CT molecular complexity index is 447. The average Bonchev–Trinajstić information content (AvgIpc) is 3.00. The van der Waals surface area contributed by atoms with Crippen LogP contribution < -0.4 is 0 Å². The highest BCUT2D eigenvalue weighted by Crippen LogP contribution is 2.14. The fourth-order valence-electron chi connectivity index (χ4n) is 5.67. The third-order valence-corrected chi connectivity index (χ3v) is 8.63. The van der Waals surface area contributed by atoms with Gasteiger partial charge in [-0.05, 0) is 12.8 Å². The summed E-state index contributed by atoms with van der Waals surface area (Å²) in [6.45, 7) is 6.66. The molecule has 0 aromatic rings. The van der Waals surface area contributed by atoms with Crippen LogP contribution in [0.15, 0.2) is 0 Å². The van der Waals surface area contributed by atoms with Gasteiger partial charge in [-0.25, -0.2) is 0 Å². The lowest BCUT2D eigenvalue weighted by molar-refractivity contribution is -0.125. The summed E-state index contributed by atoms with van der Waals surface area (Å²) in [5, 5.41) is 20.0. The number of unbranched alkanes of at least 4 members (excludes halogenated alkanes) is 26. The van der Waals surface area contributed by atoms with Crippen LogP contribution in [0.25, 0.3) is 0 Å². The molecule has 2 unspecified atom stereocenters. The second-order valence-corrected chi connectivity index (χ2v) is 13.0. The van der Waals surface area contributed by atoms with Gasteiger partial charge in [0.25, 0.3) is 0 Å². The van der Waals surface area contributed by atoms with E-state index in [-0.39, 0.29) is 0 Å². The molecule has 260 valence electrons. The SMILES string of the molecule is CCCCCCCCCCCCCCCCOC(O)CCOCCC(O)OCCCCCCCCCCCCCCCC. The van der Waals surface area contributed by atoms with Gasteiger partial charge in [-0.2, -0.15) is 0 Å². The molecule has 0 amide bonds. The number of hydrogen-bond donors (Lipinski definition) is 2. The molecular formula is C38H78O5. The van der Waals surface area contributed by atoms with Gasteiger partial charge >= 0.3 is 0 Å². The third-order valence-electron chi connectivity index (χ3n) is 8.63. The summed E-state index contributed by atoms with van der Waals surface area (Å²) >= 11 is 0. The molecule has 43 heavy (non-hydrogen) atoms. The first-order valence-electron chi connectivity index (χ1n) is 19.4. The van der Waals surface area contributed by atoms with E-state index >= 15 is 0 Å². The molecule has 0 fully saturated rings. The number of ether oxygens (including phenoxy) is 3. The Morgan fingerprint density at radius 3 is 0.814 bits per heavy atom. The Kier molecular flexibility index (Phi) is 37.8. The van der Waals surface area contributed by atoms with Crippen LogP contribution in [0, 0.1) is 0 Å². The van der Waals surface area contributed by atoms with Gasteiger partial charge in [0.1, 0.15) is 0 Å². The second-order valence-electron chi connectivity index (χ2n) is 13.0. The van der Waals surface area contributed by atoms with Gasteiger partial charge in [-0.15, -0.1) is 0 Å². The summed E-state index contributed by atoms with van der Waals surface area (Å²) in [6, 6.07) is 0. The molecule has 0 saturated carbocycles. The van der Waals surface area contributed by atoms with E-state index in [0.717, 1.165) is 12.8 Å². The minimum absolute atomic E-state index is 0.436. The number of hydrogen-bond acceptors (Lipinski definition) is 5. The van der Waals surface area contributed by atoms with Crippen molar-refractivity contribution >= 4 is 0 Å². The standard InChI is InChI=1S/C38H78O5/c1-3-5-7-9-11-13-15-17-19-21-23-25-27-29-33-42-37(39)31-35-41-36-32-38(40)43-34-30-28-26-24-22-20-18-16-14-12-10-8-6-4-2/h37-40H,3-36H2,1-2H3. The summed E-state index contributed by atoms with van der Waals surface area (Å²) in [4.78, 5) is 0. The number of rotatable bonds is 38. The lowest BCUT2D eigenvalue weighted by atomic mass is 10.0. The van der Waals surface area contributed by atoms with Crippen molar-refractivity contribution in [3.63, 3.8) is 0 Å². The van der Waals surface area contributed by atoms with Crippen LogP contribution in [0.2, 0.25) is 0 Å². The van der Waals surface area contributed by atoms with Crippen molar-refractivity contribution in [1.29, 1.82) is 0 Å². The van der Waals surface area contributed by atoms with Crippen molar-refractivity contribution < 1.29 is 24.4 Å². The molecule has 0 rings (SSSR count). The lowest BCUT2D eigenvalue weighted by Crippen LogP contribution is -2.18. The zero-order valence-corrected chi connectivity index (χ0v) is 29.3. The summed E-state index contributed by atoms with van der Waals surface area (Å²) in [5.41, 5.74) is 0. The van der Waals surface area contributed by atoms with Crippen molar-refractivity contribution in [2.45, 2.75) is 219 Å². The van der Waals surface area contributed by atoms with Gasteiger partial charge < -0.3 is 24.4 Å². The predicted octanol–water partition coefficient (Wildman–Crippen LogP) is 11.4. The molecule has 0 spiro atoms. The van der Waals surface area contributed by atoms with Gasteiger partial charge in [0.05, 0.1) is 13.2 Å². The van der Waals surface area contributed by atoms with Crippen molar-refractivity contribution in [1.82, 2.24) is 0 Å². The third kappa shape index (κ3) is 37.9. The Hall–Kier alpha value is -0.200. The van der Waals surface area contributed by atoms with E-state index in [1.807, 2.05) is 0 Å². The molecule has 0 saturated heterocycles. The first-order chi connectivity index (χ1) is 21.2. The van der Waals surface area contributed by atoms with Crippen molar-refractivity contribution in [2.24, 2.45) is 0 Å². The average molecular weight is 615 g/mol. The van der Waals surface area contributed by atoms with E-state index in [4.69, 9.17) is 14.2 Å². The van der Waals surface area contributed by atoms with Crippen LogP contribution in [-0.2, 0) is 14.2 Å². The van der Waals surface area contributed by atoms with Crippen LogP contribution in [-0.4, -0.2) is 49.2 Å². The first-order valence-corrected chi connectivity index (χ1v) is 19.4. The molecule has 5 heteroatoms. The molecule has 0 aromatic heterocycles. The predicted molar refractivity (Wildman–Crippen MR) is 185 cm³/mol. The molecule has 0 bridgehead atoms. The van der Waals surface area contributed by atoms with Crippen LogP contribution in [0.3, 0.4) is 0 Å². The fourth-order valence-corrected chi connectivity index (χ4v) is 5.67. The number of aliphatic hydroxyl groups is 2. The van der Waals surface area contributed by atoms with Crippen molar-refractivity contribution in [2.75, 3.05) is 26.4 Å². The molecule has 0 aliphatic rings. The minimum Gasteiger partial charge on any atom is -0.381 e. The van der Waals surface area contributed by atoms with Crippen LogP contribution >= 0.6 is 0 Å². The maximum atomic E-state index is 9.99. The molecule has 0 aliphatic heterocycles. The molecule has 2 N–H and O–H groups in total. The molecule has 2 atom stereocenters. The highest BCUT2D eigenvalue weighted by molar-refractivity contribution is 4.52. The van der Waals surface area contributed by atoms with Gasteiger partial charge in [0.2, 0.25) is 0 Å². The maximum Gasteiger partial charge on any atom is 0.156 e. The topological polar surface area (TPSA) is 68.2 Å². The maximum absolute atomic E-state index is 9.99. The molecule has 0 radical (unpaired) electrons. The Morgan fingerprint density at radius 2 is 0.558 bits per heavy atom. The van der Waals surface area contributed by atoms with Crippen LogP contribution in [0.4, 0.5) is 0 Å². The summed E-state index contributed by atoms with van der Waals surface area (Å²) in [7, 11) is 0. The lowest BCUT2D eigenvalue weighted by Gasteiger charge is -2.14. The Labute approximate surface area is 269 Å². The van der Waals surface area contributed by atoms with Gasteiger partial charge in [0, 0.05) is 26.1 Å². The van der Waals surface area contributed by atoms with E-state index in [1.54, 1.807) is 0 Å². The van der Waals surface area contributed by atoms with E-state index in [2.05, 4.69) is 13.8 Å². The van der Waals surface area contributed by atoms with Crippen LogP contribution in [0.1, 0.15) is 206 Å². The Balaban J connectivity index is 3.24. The monoisotopic (exact) mass is 615 g/mol. The highest BCUT2D eigenvalue weighted by atomic mass is 16.6. The van der Waals surface area contributed by atoms with Gasteiger partial charge in [-0.3, -0.25) is 0 Å². The molecular weight excluding hydrogens is 536 g/mol. The van der Waals surface area contributed by atoms with E-state index in [0.29, 0.717) is 39.3 Å². The molecule has 0 aliphatic carbocycles. The van der Waals surface area contributed by atoms with Crippen molar-refractivity contribution in [3.8, 4) is 0 Å². The number of aliphatic hydroxyl groups excluding tert-OH is 2. The molecule has 0 heterocycles. The van der Waals surface area contributed by atoms with Crippen LogP contribution in [0.5, 0.6) is 0 Å².